The maximum absolute atomic E-state index is 5.98. The van der Waals surface area contributed by atoms with Gasteiger partial charge in [0.1, 0.15) is 0 Å². The van der Waals surface area contributed by atoms with Crippen molar-refractivity contribution in [1.82, 2.24) is 0 Å². The summed E-state index contributed by atoms with van der Waals surface area (Å²) in [4.78, 5) is 0. The Morgan fingerprint density at radius 1 is 1.15 bits per heavy atom. The van der Waals surface area contributed by atoms with Crippen molar-refractivity contribution in [2.45, 2.75) is 30.9 Å². The molecular weight excluding hydrogens is 454 g/mol. The summed E-state index contributed by atoms with van der Waals surface area (Å²) in [7, 11) is 0. The summed E-state index contributed by atoms with van der Waals surface area (Å²) in [5.74, 6) is 0. The van der Waals surface area contributed by atoms with Gasteiger partial charge in [-0.1, -0.05) is 15.9 Å². The van der Waals surface area contributed by atoms with Crippen molar-refractivity contribution in [3.63, 3.8) is 0 Å². The molecule has 0 aliphatic carbocycles. The monoisotopic (exact) mass is 467 g/mol. The Morgan fingerprint density at radius 3 is 2.55 bits per heavy atom. The van der Waals surface area contributed by atoms with E-state index in [-0.39, 0.29) is 5.60 Å². The van der Waals surface area contributed by atoms with Crippen LogP contribution in [0.1, 0.15) is 19.3 Å². The molecule has 0 aromatic heterocycles. The molecule has 1 aromatic carbocycles. The van der Waals surface area contributed by atoms with Crippen molar-refractivity contribution >= 4 is 53.5 Å². The SMILES string of the molecule is Brc1cc(Br)c(NC2CCOC3(CCOC3)C2)c(Br)c1. The number of rotatable bonds is 2. The van der Waals surface area contributed by atoms with Crippen molar-refractivity contribution in [3.05, 3.63) is 25.6 Å². The first-order valence-corrected chi connectivity index (χ1v) is 9.09. The average Bonchev–Trinajstić information content (AvgIpc) is 2.82. The van der Waals surface area contributed by atoms with Crippen LogP contribution in [0.4, 0.5) is 5.69 Å². The molecule has 1 N–H and O–H groups in total. The number of ether oxygens (including phenoxy) is 2. The van der Waals surface area contributed by atoms with Crippen LogP contribution in [0.2, 0.25) is 0 Å². The van der Waals surface area contributed by atoms with E-state index in [9.17, 15) is 0 Å². The van der Waals surface area contributed by atoms with Crippen LogP contribution in [0, 0.1) is 0 Å². The van der Waals surface area contributed by atoms with E-state index in [0.717, 1.165) is 58.2 Å². The Labute approximate surface area is 144 Å². The van der Waals surface area contributed by atoms with Gasteiger partial charge in [-0.05, 0) is 56.8 Å². The molecule has 2 aliphatic rings. The summed E-state index contributed by atoms with van der Waals surface area (Å²) in [5, 5.41) is 3.65. The van der Waals surface area contributed by atoms with Crippen molar-refractivity contribution < 1.29 is 9.47 Å². The zero-order valence-corrected chi connectivity index (χ0v) is 15.7. The van der Waals surface area contributed by atoms with E-state index in [2.05, 4.69) is 65.2 Å². The quantitative estimate of drug-likeness (QED) is 0.679. The molecule has 2 unspecified atom stereocenters. The van der Waals surface area contributed by atoms with Crippen LogP contribution in [0.25, 0.3) is 0 Å². The van der Waals surface area contributed by atoms with Gasteiger partial charge in [0.05, 0.1) is 17.9 Å². The molecule has 0 amide bonds. The molecule has 1 spiro atoms. The largest absolute Gasteiger partial charge is 0.380 e. The zero-order chi connectivity index (χ0) is 14.2. The summed E-state index contributed by atoms with van der Waals surface area (Å²) in [5.41, 5.74) is 1.04. The molecule has 0 saturated carbocycles. The minimum absolute atomic E-state index is 0.0652. The smallest absolute Gasteiger partial charge is 0.0956 e. The molecule has 20 heavy (non-hydrogen) atoms. The molecule has 2 atom stereocenters. The second-order valence-corrected chi connectivity index (χ2v) is 8.04. The van der Waals surface area contributed by atoms with Gasteiger partial charge in [0.2, 0.25) is 0 Å². The highest BCUT2D eigenvalue weighted by Crippen LogP contribution is 2.38. The van der Waals surface area contributed by atoms with Crippen LogP contribution in [0.15, 0.2) is 25.6 Å². The first-order valence-electron chi connectivity index (χ1n) is 6.71. The van der Waals surface area contributed by atoms with E-state index < -0.39 is 0 Å². The van der Waals surface area contributed by atoms with Gasteiger partial charge in [0.15, 0.2) is 0 Å². The standard InChI is InChI=1S/C14H16Br3NO2/c15-9-5-11(16)13(12(17)6-9)18-10-1-3-20-14(7-10)2-4-19-8-14/h5-6,10,18H,1-4,7-8H2. The molecule has 3 rings (SSSR count). The predicted octanol–water partition coefficient (Wildman–Crippen LogP) is 4.72. The minimum Gasteiger partial charge on any atom is -0.380 e. The van der Waals surface area contributed by atoms with Gasteiger partial charge < -0.3 is 14.8 Å². The Hall–Kier alpha value is 0.380. The Balaban J connectivity index is 1.74. The topological polar surface area (TPSA) is 30.5 Å². The second kappa shape index (κ2) is 6.24. The van der Waals surface area contributed by atoms with Crippen LogP contribution >= 0.6 is 47.8 Å². The lowest BCUT2D eigenvalue weighted by molar-refractivity contribution is -0.0828. The molecule has 110 valence electrons. The van der Waals surface area contributed by atoms with Gasteiger partial charge in [-0.15, -0.1) is 0 Å². The lowest BCUT2D eigenvalue weighted by Gasteiger charge is -2.38. The van der Waals surface area contributed by atoms with E-state index in [4.69, 9.17) is 9.47 Å². The van der Waals surface area contributed by atoms with Crippen LogP contribution in [-0.2, 0) is 9.47 Å². The first kappa shape index (κ1) is 15.3. The lowest BCUT2D eigenvalue weighted by Crippen LogP contribution is -2.45. The van der Waals surface area contributed by atoms with Crippen LogP contribution in [0.5, 0.6) is 0 Å². The number of nitrogens with one attached hydrogen (secondary N) is 1. The molecule has 1 aromatic rings. The Morgan fingerprint density at radius 2 is 1.90 bits per heavy atom. The fourth-order valence-corrected chi connectivity index (χ4v) is 5.39. The highest BCUT2D eigenvalue weighted by atomic mass is 79.9. The summed E-state index contributed by atoms with van der Waals surface area (Å²) in [6.45, 7) is 2.35. The molecule has 2 fully saturated rings. The zero-order valence-electron chi connectivity index (χ0n) is 10.9. The van der Waals surface area contributed by atoms with E-state index in [1.54, 1.807) is 0 Å². The third-order valence-corrected chi connectivity index (χ3v) is 5.62. The van der Waals surface area contributed by atoms with Gasteiger partial charge in [-0.25, -0.2) is 0 Å². The van der Waals surface area contributed by atoms with E-state index in [1.165, 1.54) is 0 Å². The molecule has 2 heterocycles. The molecular formula is C14H16Br3NO2. The van der Waals surface area contributed by atoms with Gasteiger partial charge in [0.25, 0.3) is 0 Å². The number of hydrogen-bond acceptors (Lipinski definition) is 3. The maximum Gasteiger partial charge on any atom is 0.0956 e. The summed E-state index contributed by atoms with van der Waals surface area (Å²) in [6, 6.07) is 4.53. The van der Waals surface area contributed by atoms with Gasteiger partial charge in [-0.3, -0.25) is 0 Å². The number of halogens is 3. The Bertz CT molecular complexity index is 480. The number of anilines is 1. The summed E-state index contributed by atoms with van der Waals surface area (Å²) >= 11 is 10.7. The summed E-state index contributed by atoms with van der Waals surface area (Å²) < 4.78 is 14.7. The minimum atomic E-state index is -0.0652. The van der Waals surface area contributed by atoms with Crippen molar-refractivity contribution in [1.29, 1.82) is 0 Å². The highest BCUT2D eigenvalue weighted by molar-refractivity contribution is 9.11. The summed E-state index contributed by atoms with van der Waals surface area (Å²) in [6.07, 6.45) is 3.03. The fourth-order valence-electron chi connectivity index (χ4n) is 2.90. The fraction of sp³-hybridized carbons (Fsp3) is 0.571. The average molecular weight is 470 g/mol. The predicted molar refractivity (Wildman–Crippen MR) is 90.3 cm³/mol. The third-order valence-electron chi connectivity index (χ3n) is 3.92. The number of hydrogen-bond donors (Lipinski definition) is 1. The van der Waals surface area contributed by atoms with Crippen molar-refractivity contribution in [2.75, 3.05) is 25.1 Å². The molecule has 6 heteroatoms. The van der Waals surface area contributed by atoms with Crippen molar-refractivity contribution in [3.8, 4) is 0 Å². The van der Waals surface area contributed by atoms with Crippen LogP contribution in [-0.4, -0.2) is 31.5 Å². The van der Waals surface area contributed by atoms with Crippen LogP contribution in [0.3, 0.4) is 0 Å². The van der Waals surface area contributed by atoms with Gasteiger partial charge in [-0.2, -0.15) is 0 Å². The lowest BCUT2D eigenvalue weighted by atomic mass is 9.89. The van der Waals surface area contributed by atoms with Gasteiger partial charge >= 0.3 is 0 Å². The molecule has 2 aliphatic heterocycles. The van der Waals surface area contributed by atoms with E-state index >= 15 is 0 Å². The highest BCUT2D eigenvalue weighted by Gasteiger charge is 2.41. The van der Waals surface area contributed by atoms with Crippen LogP contribution < -0.4 is 5.32 Å². The third kappa shape index (κ3) is 3.24. The van der Waals surface area contributed by atoms with Crippen molar-refractivity contribution in [2.24, 2.45) is 0 Å². The number of benzene rings is 1. The van der Waals surface area contributed by atoms with E-state index in [1.807, 2.05) is 0 Å². The normalized spacial score (nSPS) is 29.9. The molecule has 2 saturated heterocycles. The maximum atomic E-state index is 5.98. The second-order valence-electron chi connectivity index (χ2n) is 5.41. The van der Waals surface area contributed by atoms with Gasteiger partial charge in [0, 0.05) is 39.1 Å². The van der Waals surface area contributed by atoms with E-state index in [0.29, 0.717) is 6.04 Å². The Kier molecular flexibility index (Phi) is 4.77. The molecule has 3 nitrogen and oxygen atoms in total. The molecule has 0 bridgehead atoms. The first-order chi connectivity index (χ1) is 9.58. The molecule has 0 radical (unpaired) electrons.